The van der Waals surface area contributed by atoms with E-state index in [9.17, 15) is 19.5 Å². The normalized spacial score (nSPS) is 12.0. The Labute approximate surface area is 152 Å². The fraction of sp³-hybridized carbons (Fsp3) is 0.111. The number of H-pyrrole nitrogens is 1. The lowest BCUT2D eigenvalue weighted by Crippen LogP contribution is -2.24. The molecule has 132 valence electrons. The van der Waals surface area contributed by atoms with Gasteiger partial charge in [0.15, 0.2) is 5.69 Å². The van der Waals surface area contributed by atoms with Gasteiger partial charge in [0.1, 0.15) is 6.10 Å². The first-order valence-electron chi connectivity index (χ1n) is 7.64. The van der Waals surface area contributed by atoms with Crippen molar-refractivity contribution in [3.63, 3.8) is 0 Å². The molecule has 1 heterocycles. The molecule has 1 aromatic heterocycles. The zero-order valence-electron chi connectivity index (χ0n) is 13.6. The van der Waals surface area contributed by atoms with Crippen molar-refractivity contribution in [3.8, 4) is 0 Å². The summed E-state index contributed by atoms with van der Waals surface area (Å²) in [4.78, 5) is 42.3. The number of nitrogens with zero attached hydrogens (tertiary/aromatic N) is 1. The summed E-state index contributed by atoms with van der Waals surface area (Å²) in [5.74, 6) is -1.06. The summed E-state index contributed by atoms with van der Waals surface area (Å²) in [6, 6.07) is 10.8. The van der Waals surface area contributed by atoms with E-state index < -0.39 is 23.1 Å². The van der Waals surface area contributed by atoms with Crippen LogP contribution in [0.15, 0.2) is 47.3 Å². The summed E-state index contributed by atoms with van der Waals surface area (Å²) in [5, 5.41) is 13.3. The van der Waals surface area contributed by atoms with E-state index >= 15 is 0 Å². The maximum atomic E-state index is 12.5. The van der Waals surface area contributed by atoms with Crippen molar-refractivity contribution in [2.75, 3.05) is 5.32 Å². The largest absolute Gasteiger partial charge is 0.380 e. The van der Waals surface area contributed by atoms with E-state index in [4.69, 9.17) is 11.6 Å². The van der Waals surface area contributed by atoms with Gasteiger partial charge < -0.3 is 15.4 Å². The number of aliphatic hydroxyl groups excluding tert-OH is 1. The molecule has 0 bridgehead atoms. The van der Waals surface area contributed by atoms with E-state index in [-0.39, 0.29) is 11.5 Å². The topological polar surface area (TPSA) is 112 Å². The number of aromatic nitrogens is 2. The molecule has 0 spiro atoms. The standard InChI is InChI=1S/C18H14ClN3O4/c1-9(23)20-12-5-2-10(3-6-12)16(24)17(25)15-18(26)22-14-8-11(19)4-7-13(14)21-15/h2-8,16,24H,1H3,(H,20,23)(H,22,26)/t16-/m1/s1. The van der Waals surface area contributed by atoms with Gasteiger partial charge in [0, 0.05) is 17.6 Å². The number of rotatable bonds is 4. The molecule has 0 saturated heterocycles. The Balaban J connectivity index is 1.92. The zero-order valence-corrected chi connectivity index (χ0v) is 14.4. The smallest absolute Gasteiger partial charge is 0.278 e. The Morgan fingerprint density at radius 1 is 1.19 bits per heavy atom. The highest BCUT2D eigenvalue weighted by molar-refractivity contribution is 6.31. The second-order valence-electron chi connectivity index (χ2n) is 5.65. The summed E-state index contributed by atoms with van der Waals surface area (Å²) in [6.45, 7) is 1.37. The molecule has 3 rings (SSSR count). The molecule has 0 fully saturated rings. The van der Waals surface area contributed by atoms with Crippen LogP contribution in [-0.4, -0.2) is 26.8 Å². The molecule has 0 aliphatic rings. The Kier molecular flexibility index (Phi) is 4.83. The predicted molar refractivity (Wildman–Crippen MR) is 97.4 cm³/mol. The van der Waals surface area contributed by atoms with Crippen LogP contribution in [0, 0.1) is 0 Å². The van der Waals surface area contributed by atoms with Crippen LogP contribution in [0.25, 0.3) is 11.0 Å². The quantitative estimate of drug-likeness (QED) is 0.610. The Bertz CT molecular complexity index is 1060. The average molecular weight is 372 g/mol. The van der Waals surface area contributed by atoms with Crippen LogP contribution in [-0.2, 0) is 4.79 Å². The summed E-state index contributed by atoms with van der Waals surface area (Å²) in [7, 11) is 0. The number of ketones is 1. The van der Waals surface area contributed by atoms with Crippen LogP contribution in [0.5, 0.6) is 0 Å². The summed E-state index contributed by atoms with van der Waals surface area (Å²) in [6.07, 6.45) is -1.56. The number of anilines is 1. The molecule has 26 heavy (non-hydrogen) atoms. The van der Waals surface area contributed by atoms with Crippen LogP contribution < -0.4 is 10.9 Å². The zero-order chi connectivity index (χ0) is 18.8. The number of carbonyl (C=O) groups excluding carboxylic acids is 2. The van der Waals surface area contributed by atoms with E-state index in [1.165, 1.54) is 25.1 Å². The minimum absolute atomic E-state index is 0.235. The average Bonchev–Trinajstić information content (AvgIpc) is 2.60. The number of benzene rings is 2. The van der Waals surface area contributed by atoms with Crippen LogP contribution in [0.2, 0.25) is 5.02 Å². The molecule has 3 aromatic rings. The highest BCUT2D eigenvalue weighted by Crippen LogP contribution is 2.20. The van der Waals surface area contributed by atoms with Crippen molar-refractivity contribution in [1.29, 1.82) is 0 Å². The van der Waals surface area contributed by atoms with Gasteiger partial charge in [-0.05, 0) is 35.9 Å². The van der Waals surface area contributed by atoms with Crippen molar-refractivity contribution >= 4 is 40.0 Å². The summed E-state index contributed by atoms with van der Waals surface area (Å²) in [5.41, 5.74) is 0.483. The summed E-state index contributed by atoms with van der Waals surface area (Å²) < 4.78 is 0. The van der Waals surface area contributed by atoms with E-state index in [1.807, 2.05) is 0 Å². The van der Waals surface area contributed by atoms with E-state index in [0.717, 1.165) is 0 Å². The number of hydrogen-bond acceptors (Lipinski definition) is 5. The Morgan fingerprint density at radius 2 is 1.88 bits per heavy atom. The van der Waals surface area contributed by atoms with Crippen LogP contribution in [0.4, 0.5) is 5.69 Å². The number of fused-ring (bicyclic) bond motifs is 1. The second-order valence-corrected chi connectivity index (χ2v) is 6.08. The highest BCUT2D eigenvalue weighted by atomic mass is 35.5. The lowest BCUT2D eigenvalue weighted by atomic mass is 10.0. The second kappa shape index (κ2) is 7.07. The number of nitrogens with one attached hydrogen (secondary N) is 2. The number of amides is 1. The molecule has 3 N–H and O–H groups in total. The van der Waals surface area contributed by atoms with E-state index in [1.54, 1.807) is 24.3 Å². The van der Waals surface area contributed by atoms with Crippen molar-refractivity contribution in [1.82, 2.24) is 9.97 Å². The van der Waals surface area contributed by atoms with E-state index in [0.29, 0.717) is 21.7 Å². The van der Waals surface area contributed by atoms with Gasteiger partial charge in [0.05, 0.1) is 11.0 Å². The monoisotopic (exact) mass is 371 g/mol. The highest BCUT2D eigenvalue weighted by Gasteiger charge is 2.24. The molecule has 2 aromatic carbocycles. The van der Waals surface area contributed by atoms with Gasteiger partial charge in [-0.25, -0.2) is 4.98 Å². The van der Waals surface area contributed by atoms with Gasteiger partial charge in [-0.2, -0.15) is 0 Å². The van der Waals surface area contributed by atoms with Crippen LogP contribution >= 0.6 is 11.6 Å². The van der Waals surface area contributed by atoms with Crippen molar-refractivity contribution in [2.24, 2.45) is 0 Å². The minimum Gasteiger partial charge on any atom is -0.380 e. The molecule has 0 aliphatic carbocycles. The van der Waals surface area contributed by atoms with E-state index in [2.05, 4.69) is 15.3 Å². The molecular formula is C18H14ClN3O4. The first kappa shape index (κ1) is 17.8. The fourth-order valence-electron chi connectivity index (χ4n) is 2.46. The number of Topliss-reactive ketones (excluding diaryl/α,β-unsaturated/α-hetero) is 1. The van der Waals surface area contributed by atoms with Gasteiger partial charge in [0.25, 0.3) is 5.56 Å². The fourth-order valence-corrected chi connectivity index (χ4v) is 2.63. The summed E-state index contributed by atoms with van der Waals surface area (Å²) >= 11 is 5.87. The Morgan fingerprint density at radius 3 is 2.54 bits per heavy atom. The molecule has 1 atom stereocenters. The molecule has 0 aliphatic heterocycles. The molecule has 8 heteroatoms. The molecule has 7 nitrogen and oxygen atoms in total. The van der Waals surface area contributed by atoms with Crippen molar-refractivity contribution < 1.29 is 14.7 Å². The first-order valence-corrected chi connectivity index (χ1v) is 8.02. The van der Waals surface area contributed by atoms with Crippen molar-refractivity contribution in [3.05, 3.63) is 69.1 Å². The predicted octanol–water partition coefficient (Wildman–Crippen LogP) is 2.45. The number of carbonyl (C=O) groups is 2. The number of hydrogen-bond donors (Lipinski definition) is 3. The SMILES string of the molecule is CC(=O)Nc1ccc([C@@H](O)C(=O)c2nc3ccc(Cl)cc3[nH]c2=O)cc1. The molecule has 1 amide bonds. The molecule has 0 unspecified atom stereocenters. The number of aromatic amines is 1. The van der Waals surface area contributed by atoms with Crippen LogP contribution in [0.3, 0.4) is 0 Å². The minimum atomic E-state index is -1.56. The van der Waals surface area contributed by atoms with Crippen molar-refractivity contribution in [2.45, 2.75) is 13.0 Å². The third-order valence-electron chi connectivity index (χ3n) is 3.68. The van der Waals surface area contributed by atoms with Gasteiger partial charge >= 0.3 is 0 Å². The van der Waals surface area contributed by atoms with Gasteiger partial charge in [-0.1, -0.05) is 23.7 Å². The maximum absolute atomic E-state index is 12.5. The third-order valence-corrected chi connectivity index (χ3v) is 3.92. The lowest BCUT2D eigenvalue weighted by Gasteiger charge is -2.11. The lowest BCUT2D eigenvalue weighted by molar-refractivity contribution is -0.114. The molecular weight excluding hydrogens is 358 g/mol. The Hall–Kier alpha value is -3.03. The van der Waals surface area contributed by atoms with Gasteiger partial charge in [-0.15, -0.1) is 0 Å². The molecule has 0 radical (unpaired) electrons. The number of aliphatic hydroxyl groups is 1. The van der Waals surface area contributed by atoms with Gasteiger partial charge in [0.2, 0.25) is 11.7 Å². The van der Waals surface area contributed by atoms with Crippen LogP contribution in [0.1, 0.15) is 29.1 Å². The third kappa shape index (κ3) is 3.63. The first-order chi connectivity index (χ1) is 12.3. The number of halogens is 1. The maximum Gasteiger partial charge on any atom is 0.278 e. The van der Waals surface area contributed by atoms with Gasteiger partial charge in [-0.3, -0.25) is 14.4 Å². The molecule has 0 saturated carbocycles.